The average molecular weight is 381 g/mol. The molecule has 6 nitrogen and oxygen atoms in total. The molecule has 1 fully saturated rings. The molecule has 1 aromatic rings. The van der Waals surface area contributed by atoms with Crippen LogP contribution in [0.15, 0.2) is 12.1 Å². The summed E-state index contributed by atoms with van der Waals surface area (Å²) < 4.78 is 11.3. The van der Waals surface area contributed by atoms with E-state index >= 15 is 0 Å². The Morgan fingerprint density at radius 1 is 1.23 bits per heavy atom. The summed E-state index contributed by atoms with van der Waals surface area (Å²) in [5.41, 5.74) is 0.494. The van der Waals surface area contributed by atoms with Gasteiger partial charge in [0.2, 0.25) is 5.91 Å². The largest absolute Gasteiger partial charge is 0.489 e. The Hall–Kier alpha value is -1.95. The summed E-state index contributed by atoms with van der Waals surface area (Å²) in [6.45, 7) is 4.95. The first kappa shape index (κ1) is 18.8. The van der Waals surface area contributed by atoms with Gasteiger partial charge in [-0.2, -0.15) is 0 Å². The van der Waals surface area contributed by atoms with Crippen LogP contribution in [0.5, 0.6) is 11.5 Å². The zero-order valence-corrected chi connectivity index (χ0v) is 15.8. The number of rotatable bonds is 4. The Balaban J connectivity index is 1.65. The molecule has 0 aromatic heterocycles. The predicted octanol–water partition coefficient (Wildman–Crippen LogP) is 2.88. The standard InChI is InChI=1S/C19H25ClN2O4/c1-2-6-21-18(23)13-4-7-22(8-5-13)19(24)14-11-15(20)17-16(12-14)25-9-3-10-26-17/h11-13H,2-10H2,1H3,(H,21,23). The number of amides is 2. The van der Waals surface area contributed by atoms with E-state index in [1.807, 2.05) is 6.92 Å². The highest BCUT2D eigenvalue weighted by Crippen LogP contribution is 2.38. The number of fused-ring (bicyclic) bond motifs is 1. The van der Waals surface area contributed by atoms with Gasteiger partial charge in [-0.05, 0) is 31.4 Å². The number of carbonyl (C=O) groups is 2. The quantitative estimate of drug-likeness (QED) is 0.872. The first-order valence-electron chi connectivity index (χ1n) is 9.26. The Bertz CT molecular complexity index is 672. The van der Waals surface area contributed by atoms with E-state index in [1.165, 1.54) is 0 Å². The molecule has 0 atom stereocenters. The lowest BCUT2D eigenvalue weighted by Gasteiger charge is -2.31. The summed E-state index contributed by atoms with van der Waals surface area (Å²) in [6, 6.07) is 3.34. The fourth-order valence-corrected chi connectivity index (χ4v) is 3.54. The summed E-state index contributed by atoms with van der Waals surface area (Å²) in [5.74, 6) is 1.02. The maximum Gasteiger partial charge on any atom is 0.254 e. The van der Waals surface area contributed by atoms with Crippen molar-refractivity contribution in [3.8, 4) is 11.5 Å². The molecule has 142 valence electrons. The fourth-order valence-electron chi connectivity index (χ4n) is 3.27. The maximum atomic E-state index is 12.8. The zero-order valence-electron chi connectivity index (χ0n) is 15.1. The Kier molecular flexibility index (Phi) is 6.25. The van der Waals surface area contributed by atoms with E-state index in [0.717, 1.165) is 12.8 Å². The topological polar surface area (TPSA) is 67.9 Å². The molecular weight excluding hydrogens is 356 g/mol. The van der Waals surface area contributed by atoms with Gasteiger partial charge in [0.1, 0.15) is 0 Å². The number of benzene rings is 1. The van der Waals surface area contributed by atoms with Crippen molar-refractivity contribution in [2.45, 2.75) is 32.6 Å². The van der Waals surface area contributed by atoms with E-state index in [-0.39, 0.29) is 17.7 Å². The predicted molar refractivity (Wildman–Crippen MR) is 99.0 cm³/mol. The third-order valence-corrected chi connectivity index (χ3v) is 5.03. The summed E-state index contributed by atoms with van der Waals surface area (Å²) in [7, 11) is 0. The average Bonchev–Trinajstić information content (AvgIpc) is 2.91. The molecule has 0 unspecified atom stereocenters. The van der Waals surface area contributed by atoms with Gasteiger partial charge in [0.25, 0.3) is 5.91 Å². The number of hydrogen-bond donors (Lipinski definition) is 1. The highest BCUT2D eigenvalue weighted by atomic mass is 35.5. The summed E-state index contributed by atoms with van der Waals surface area (Å²) in [6.07, 6.45) is 3.06. The van der Waals surface area contributed by atoms with Crippen molar-refractivity contribution >= 4 is 23.4 Å². The molecule has 2 aliphatic heterocycles. The Labute approximate surface area is 158 Å². The number of nitrogens with one attached hydrogen (secondary N) is 1. The molecule has 2 heterocycles. The molecular formula is C19H25ClN2O4. The van der Waals surface area contributed by atoms with Crippen LogP contribution in [-0.4, -0.2) is 49.6 Å². The van der Waals surface area contributed by atoms with Gasteiger partial charge in [-0.1, -0.05) is 18.5 Å². The number of piperidine rings is 1. The van der Waals surface area contributed by atoms with Crippen LogP contribution in [0.3, 0.4) is 0 Å². The third-order valence-electron chi connectivity index (χ3n) is 4.75. The molecule has 26 heavy (non-hydrogen) atoms. The van der Waals surface area contributed by atoms with E-state index in [0.29, 0.717) is 67.8 Å². The van der Waals surface area contributed by atoms with Gasteiger partial charge in [0.05, 0.1) is 18.2 Å². The monoisotopic (exact) mass is 380 g/mol. The van der Waals surface area contributed by atoms with E-state index in [1.54, 1.807) is 17.0 Å². The third kappa shape index (κ3) is 4.23. The molecule has 0 bridgehead atoms. The lowest BCUT2D eigenvalue weighted by Crippen LogP contribution is -2.43. The van der Waals surface area contributed by atoms with Crippen molar-refractivity contribution in [3.05, 3.63) is 22.7 Å². The molecule has 1 aromatic carbocycles. The lowest BCUT2D eigenvalue weighted by molar-refractivity contribution is -0.126. The molecule has 0 radical (unpaired) electrons. The van der Waals surface area contributed by atoms with E-state index < -0.39 is 0 Å². The van der Waals surface area contributed by atoms with E-state index in [4.69, 9.17) is 21.1 Å². The molecule has 0 aliphatic carbocycles. The van der Waals surface area contributed by atoms with Crippen molar-refractivity contribution < 1.29 is 19.1 Å². The first-order chi connectivity index (χ1) is 12.6. The molecule has 1 N–H and O–H groups in total. The van der Waals surface area contributed by atoms with Gasteiger partial charge < -0.3 is 19.7 Å². The van der Waals surface area contributed by atoms with Gasteiger partial charge in [0, 0.05) is 37.5 Å². The van der Waals surface area contributed by atoms with Crippen LogP contribution in [0.1, 0.15) is 43.0 Å². The molecule has 0 saturated carbocycles. The number of nitrogens with zero attached hydrogens (tertiary/aromatic N) is 1. The first-order valence-corrected chi connectivity index (χ1v) is 9.64. The second-order valence-electron chi connectivity index (χ2n) is 6.69. The van der Waals surface area contributed by atoms with Gasteiger partial charge in [-0.25, -0.2) is 0 Å². The van der Waals surface area contributed by atoms with Crippen LogP contribution in [0, 0.1) is 5.92 Å². The second kappa shape index (κ2) is 8.62. The molecule has 1 saturated heterocycles. The zero-order chi connectivity index (χ0) is 18.5. The van der Waals surface area contributed by atoms with Crippen LogP contribution < -0.4 is 14.8 Å². The molecule has 2 aliphatic rings. The van der Waals surface area contributed by atoms with Gasteiger partial charge in [-0.3, -0.25) is 9.59 Å². The molecule has 0 spiro atoms. The van der Waals surface area contributed by atoms with Crippen molar-refractivity contribution in [3.63, 3.8) is 0 Å². The number of carbonyl (C=O) groups excluding carboxylic acids is 2. The van der Waals surface area contributed by atoms with Crippen molar-refractivity contribution in [2.24, 2.45) is 5.92 Å². The molecule has 2 amide bonds. The maximum absolute atomic E-state index is 12.8. The van der Waals surface area contributed by atoms with Gasteiger partial charge in [0.15, 0.2) is 11.5 Å². The minimum Gasteiger partial charge on any atom is -0.489 e. The van der Waals surface area contributed by atoms with E-state index in [9.17, 15) is 9.59 Å². The van der Waals surface area contributed by atoms with Crippen LogP contribution in [0.2, 0.25) is 5.02 Å². The summed E-state index contributed by atoms with van der Waals surface area (Å²) in [4.78, 5) is 26.7. The smallest absolute Gasteiger partial charge is 0.254 e. The highest BCUT2D eigenvalue weighted by molar-refractivity contribution is 6.32. The molecule has 7 heteroatoms. The minimum atomic E-state index is -0.0880. The number of hydrogen-bond acceptors (Lipinski definition) is 4. The van der Waals surface area contributed by atoms with E-state index in [2.05, 4.69) is 5.32 Å². The van der Waals surface area contributed by atoms with Crippen LogP contribution in [0.25, 0.3) is 0 Å². The normalized spacial score (nSPS) is 17.5. The van der Waals surface area contributed by atoms with Gasteiger partial charge >= 0.3 is 0 Å². The minimum absolute atomic E-state index is 0.0158. The van der Waals surface area contributed by atoms with Gasteiger partial charge in [-0.15, -0.1) is 0 Å². The SMILES string of the molecule is CCCNC(=O)C1CCN(C(=O)c2cc(Cl)c3c(c2)OCCCO3)CC1. The van der Waals surface area contributed by atoms with Crippen LogP contribution in [0.4, 0.5) is 0 Å². The summed E-state index contributed by atoms with van der Waals surface area (Å²) >= 11 is 6.29. The van der Waals surface area contributed by atoms with Crippen molar-refractivity contribution in [1.29, 1.82) is 0 Å². The Morgan fingerprint density at radius 3 is 2.69 bits per heavy atom. The number of likely N-dealkylation sites (tertiary alicyclic amines) is 1. The van der Waals surface area contributed by atoms with Crippen LogP contribution in [-0.2, 0) is 4.79 Å². The fraction of sp³-hybridized carbons (Fsp3) is 0.579. The molecule has 3 rings (SSSR count). The summed E-state index contributed by atoms with van der Waals surface area (Å²) in [5, 5.41) is 3.33. The van der Waals surface area contributed by atoms with Crippen molar-refractivity contribution in [1.82, 2.24) is 10.2 Å². The van der Waals surface area contributed by atoms with Crippen molar-refractivity contribution in [2.75, 3.05) is 32.8 Å². The number of halogens is 1. The Morgan fingerprint density at radius 2 is 1.96 bits per heavy atom. The highest BCUT2D eigenvalue weighted by Gasteiger charge is 2.28. The van der Waals surface area contributed by atoms with Crippen LogP contribution >= 0.6 is 11.6 Å². The lowest BCUT2D eigenvalue weighted by atomic mass is 9.95. The number of ether oxygens (including phenoxy) is 2. The second-order valence-corrected chi connectivity index (χ2v) is 7.10.